The number of anilines is 1. The number of nitrogens with zero attached hydrogens (tertiary/aromatic N) is 1. The first kappa shape index (κ1) is 7.40. The summed E-state index contributed by atoms with van der Waals surface area (Å²) in [6.07, 6.45) is 1.17. The van der Waals surface area contributed by atoms with E-state index in [0.29, 0.717) is 18.1 Å². The summed E-state index contributed by atoms with van der Waals surface area (Å²) in [7, 11) is 0. The van der Waals surface area contributed by atoms with E-state index >= 15 is 0 Å². The van der Waals surface area contributed by atoms with Gasteiger partial charge in [0.15, 0.2) is 12.6 Å². The minimum atomic E-state index is 0.0876. The average molecular weight is 150 g/mol. The molecule has 0 aliphatic heterocycles. The fourth-order valence-corrected chi connectivity index (χ4v) is 0.667. The molecule has 1 aromatic rings. The van der Waals surface area contributed by atoms with E-state index in [1.54, 1.807) is 0 Å². The largest absolute Gasteiger partial charge is 0.383 e. The highest BCUT2D eigenvalue weighted by molar-refractivity contribution is 5.83. The van der Waals surface area contributed by atoms with Gasteiger partial charge in [-0.25, -0.2) is 4.98 Å². The third-order valence-electron chi connectivity index (χ3n) is 1.23. The predicted octanol–water partition coefficient (Wildman–Crippen LogP) is 0.289. The lowest BCUT2D eigenvalue weighted by Crippen LogP contribution is -1.99. The van der Waals surface area contributed by atoms with Gasteiger partial charge in [-0.15, -0.1) is 0 Å². The number of rotatable bonds is 2. The minimum Gasteiger partial charge on any atom is -0.383 e. The Bertz CT molecular complexity index is 296. The zero-order chi connectivity index (χ0) is 8.27. The van der Waals surface area contributed by atoms with E-state index in [1.165, 1.54) is 12.1 Å². The van der Waals surface area contributed by atoms with Crippen molar-refractivity contribution in [1.82, 2.24) is 4.98 Å². The molecule has 1 rings (SSSR count). The molecule has 4 heteroatoms. The standard InChI is InChI=1S/C7H6N2O2/c8-7-5(3-10)1-2-6(4-11)9-7/h1-4H,(H2,8,9). The van der Waals surface area contributed by atoms with E-state index in [9.17, 15) is 9.59 Å². The molecule has 4 nitrogen and oxygen atoms in total. The van der Waals surface area contributed by atoms with Gasteiger partial charge in [0, 0.05) is 0 Å². The van der Waals surface area contributed by atoms with Crippen molar-refractivity contribution in [3.63, 3.8) is 0 Å². The topological polar surface area (TPSA) is 73.0 Å². The third-order valence-corrected chi connectivity index (χ3v) is 1.23. The molecule has 0 aromatic carbocycles. The molecular formula is C7H6N2O2. The highest BCUT2D eigenvalue weighted by atomic mass is 16.1. The van der Waals surface area contributed by atoms with Crippen LogP contribution in [0.5, 0.6) is 0 Å². The highest BCUT2D eigenvalue weighted by Gasteiger charge is 1.99. The number of nitrogen functional groups attached to an aromatic ring is 1. The van der Waals surface area contributed by atoms with Crippen LogP contribution in [0.3, 0.4) is 0 Å². The van der Waals surface area contributed by atoms with E-state index in [0.717, 1.165) is 0 Å². The first-order valence-corrected chi connectivity index (χ1v) is 2.95. The second-order valence-corrected chi connectivity index (χ2v) is 1.95. The molecule has 0 aliphatic rings. The molecule has 0 bridgehead atoms. The summed E-state index contributed by atoms with van der Waals surface area (Å²) in [5.74, 6) is 0.0876. The normalized spacial score (nSPS) is 9.09. The van der Waals surface area contributed by atoms with Crippen molar-refractivity contribution >= 4 is 18.4 Å². The molecule has 0 saturated heterocycles. The van der Waals surface area contributed by atoms with Gasteiger partial charge in [-0.1, -0.05) is 0 Å². The van der Waals surface area contributed by atoms with Gasteiger partial charge in [-0.2, -0.15) is 0 Å². The van der Waals surface area contributed by atoms with E-state index in [4.69, 9.17) is 5.73 Å². The van der Waals surface area contributed by atoms with Crippen LogP contribution < -0.4 is 5.73 Å². The Labute approximate surface area is 63.0 Å². The molecule has 0 atom stereocenters. The number of hydrogen-bond acceptors (Lipinski definition) is 4. The molecule has 2 N–H and O–H groups in total. The smallest absolute Gasteiger partial charge is 0.168 e. The summed E-state index contributed by atoms with van der Waals surface area (Å²) in [4.78, 5) is 24.0. The number of hydrogen-bond donors (Lipinski definition) is 1. The van der Waals surface area contributed by atoms with Crippen LogP contribution in [-0.2, 0) is 0 Å². The van der Waals surface area contributed by atoms with Gasteiger partial charge in [0.25, 0.3) is 0 Å². The summed E-state index contributed by atoms with van der Waals surface area (Å²) in [6.45, 7) is 0. The number of aromatic nitrogens is 1. The summed E-state index contributed by atoms with van der Waals surface area (Å²) >= 11 is 0. The number of nitrogens with two attached hydrogens (primary N) is 1. The summed E-state index contributed by atoms with van der Waals surface area (Å²) < 4.78 is 0. The van der Waals surface area contributed by atoms with E-state index in [-0.39, 0.29) is 11.5 Å². The van der Waals surface area contributed by atoms with Gasteiger partial charge >= 0.3 is 0 Å². The Balaban J connectivity index is 3.18. The van der Waals surface area contributed by atoms with Crippen molar-refractivity contribution in [3.8, 4) is 0 Å². The quantitative estimate of drug-likeness (QED) is 0.615. The molecule has 0 fully saturated rings. The van der Waals surface area contributed by atoms with Gasteiger partial charge < -0.3 is 5.73 Å². The van der Waals surface area contributed by atoms with Crippen molar-refractivity contribution in [2.75, 3.05) is 5.73 Å². The lowest BCUT2D eigenvalue weighted by Gasteiger charge is -1.95. The van der Waals surface area contributed by atoms with E-state index in [1.807, 2.05) is 0 Å². The van der Waals surface area contributed by atoms with Gasteiger partial charge in [-0.05, 0) is 12.1 Å². The lowest BCUT2D eigenvalue weighted by molar-refractivity contribution is 0.111. The molecular weight excluding hydrogens is 144 g/mol. The van der Waals surface area contributed by atoms with Crippen LogP contribution in [0.4, 0.5) is 5.82 Å². The Morgan fingerprint density at radius 1 is 1.27 bits per heavy atom. The molecule has 0 unspecified atom stereocenters. The number of pyridine rings is 1. The minimum absolute atomic E-state index is 0.0876. The molecule has 0 saturated carbocycles. The summed E-state index contributed by atoms with van der Waals surface area (Å²) in [5.41, 5.74) is 5.84. The molecule has 56 valence electrons. The van der Waals surface area contributed by atoms with Crippen LogP contribution in [-0.4, -0.2) is 17.6 Å². The average Bonchev–Trinajstić information content (AvgIpc) is 2.04. The van der Waals surface area contributed by atoms with Crippen molar-refractivity contribution in [2.45, 2.75) is 0 Å². The fourth-order valence-electron chi connectivity index (χ4n) is 0.667. The molecule has 0 radical (unpaired) electrons. The van der Waals surface area contributed by atoms with Crippen molar-refractivity contribution < 1.29 is 9.59 Å². The molecule has 11 heavy (non-hydrogen) atoms. The molecule has 0 amide bonds. The molecule has 1 heterocycles. The number of aldehydes is 2. The molecule has 0 spiro atoms. The monoisotopic (exact) mass is 150 g/mol. The van der Waals surface area contributed by atoms with Gasteiger partial charge in [-0.3, -0.25) is 9.59 Å². The van der Waals surface area contributed by atoms with Gasteiger partial charge in [0.2, 0.25) is 0 Å². The Hall–Kier alpha value is -1.71. The maximum Gasteiger partial charge on any atom is 0.168 e. The number of carbonyl (C=O) groups is 2. The van der Waals surface area contributed by atoms with Crippen LogP contribution in [0.25, 0.3) is 0 Å². The second kappa shape index (κ2) is 2.92. The van der Waals surface area contributed by atoms with Crippen LogP contribution >= 0.6 is 0 Å². The summed E-state index contributed by atoms with van der Waals surface area (Å²) in [5, 5.41) is 0. The van der Waals surface area contributed by atoms with Crippen molar-refractivity contribution in [1.29, 1.82) is 0 Å². The first-order chi connectivity index (χ1) is 5.27. The van der Waals surface area contributed by atoms with Gasteiger partial charge in [0.1, 0.15) is 11.5 Å². The van der Waals surface area contributed by atoms with Crippen molar-refractivity contribution in [3.05, 3.63) is 23.4 Å². The Kier molecular flexibility index (Phi) is 1.96. The SMILES string of the molecule is Nc1nc(C=O)ccc1C=O. The Morgan fingerprint density at radius 2 is 2.00 bits per heavy atom. The zero-order valence-electron chi connectivity index (χ0n) is 5.65. The van der Waals surface area contributed by atoms with Gasteiger partial charge in [0.05, 0.1) is 5.56 Å². The number of carbonyl (C=O) groups excluding carboxylic acids is 2. The van der Waals surface area contributed by atoms with Crippen molar-refractivity contribution in [2.24, 2.45) is 0 Å². The van der Waals surface area contributed by atoms with E-state index in [2.05, 4.69) is 4.98 Å². The predicted molar refractivity (Wildman–Crippen MR) is 39.4 cm³/mol. The lowest BCUT2D eigenvalue weighted by atomic mass is 10.2. The molecule has 1 aromatic heterocycles. The van der Waals surface area contributed by atoms with Crippen LogP contribution in [0, 0.1) is 0 Å². The van der Waals surface area contributed by atoms with Crippen LogP contribution in [0.2, 0.25) is 0 Å². The second-order valence-electron chi connectivity index (χ2n) is 1.95. The third kappa shape index (κ3) is 1.40. The maximum absolute atomic E-state index is 10.2. The maximum atomic E-state index is 10.2. The van der Waals surface area contributed by atoms with Crippen LogP contribution in [0.15, 0.2) is 12.1 Å². The fraction of sp³-hybridized carbons (Fsp3) is 0. The summed E-state index contributed by atoms with van der Waals surface area (Å²) in [6, 6.07) is 2.89. The Morgan fingerprint density at radius 3 is 2.45 bits per heavy atom. The highest BCUT2D eigenvalue weighted by Crippen LogP contribution is 2.05. The van der Waals surface area contributed by atoms with Crippen LogP contribution in [0.1, 0.15) is 20.8 Å². The molecule has 0 aliphatic carbocycles. The first-order valence-electron chi connectivity index (χ1n) is 2.95. The zero-order valence-corrected chi connectivity index (χ0v) is 5.65. The van der Waals surface area contributed by atoms with E-state index < -0.39 is 0 Å².